The molecule has 5 nitrogen and oxygen atoms in total. The topological polar surface area (TPSA) is 52.7 Å². The first-order chi connectivity index (χ1) is 7.48. The van der Waals surface area contributed by atoms with Crippen LogP contribution in [-0.2, 0) is 10.2 Å². The summed E-state index contributed by atoms with van der Waals surface area (Å²) in [7, 11) is 0.227. The van der Waals surface area contributed by atoms with Gasteiger partial charge in [0.2, 0.25) is 0 Å². The minimum atomic E-state index is -3.24. The van der Waals surface area contributed by atoms with Gasteiger partial charge < -0.3 is 5.32 Å². The van der Waals surface area contributed by atoms with E-state index in [1.807, 2.05) is 7.05 Å². The number of piperidine rings is 1. The average molecular weight is 249 g/mol. The smallest absolute Gasteiger partial charge is 0.281 e. The summed E-state index contributed by atoms with van der Waals surface area (Å²) in [5.74, 6) is 0.473. The molecule has 0 radical (unpaired) electrons. The molecule has 1 N–H and O–H groups in total. The lowest BCUT2D eigenvalue weighted by Gasteiger charge is -2.33. The van der Waals surface area contributed by atoms with Crippen molar-refractivity contribution < 1.29 is 8.42 Å². The summed E-state index contributed by atoms with van der Waals surface area (Å²) in [6.07, 6.45) is 2.10. The van der Waals surface area contributed by atoms with Gasteiger partial charge in [-0.05, 0) is 25.8 Å². The van der Waals surface area contributed by atoms with Crippen molar-refractivity contribution in [3.63, 3.8) is 0 Å². The van der Waals surface area contributed by atoms with Gasteiger partial charge in [0.1, 0.15) is 0 Å². The van der Waals surface area contributed by atoms with Gasteiger partial charge in [0.25, 0.3) is 10.2 Å². The molecule has 0 spiro atoms. The van der Waals surface area contributed by atoms with Gasteiger partial charge in [0, 0.05) is 33.2 Å². The van der Waals surface area contributed by atoms with E-state index in [0.717, 1.165) is 12.8 Å². The Morgan fingerprint density at radius 1 is 1.50 bits per heavy atom. The second-order valence-corrected chi connectivity index (χ2v) is 6.57. The molecule has 1 rings (SSSR count). The van der Waals surface area contributed by atoms with E-state index in [-0.39, 0.29) is 0 Å². The molecule has 0 amide bonds. The zero-order valence-corrected chi connectivity index (χ0v) is 11.3. The fraction of sp³-hybridized carbons (Fsp3) is 1.00. The van der Waals surface area contributed by atoms with E-state index in [9.17, 15) is 8.42 Å². The molecule has 1 unspecified atom stereocenters. The highest BCUT2D eigenvalue weighted by atomic mass is 32.2. The van der Waals surface area contributed by atoms with E-state index < -0.39 is 10.2 Å². The van der Waals surface area contributed by atoms with E-state index in [1.165, 1.54) is 4.31 Å². The Bertz CT molecular complexity index is 305. The Labute approximate surface area is 99.0 Å². The summed E-state index contributed by atoms with van der Waals surface area (Å²) in [6.45, 7) is 4.63. The minimum absolute atomic E-state index is 0.473. The third-order valence-electron chi connectivity index (χ3n) is 3.02. The number of nitrogens with one attached hydrogen (secondary N) is 1. The molecule has 0 saturated carbocycles. The van der Waals surface area contributed by atoms with E-state index >= 15 is 0 Å². The molecule has 6 heteroatoms. The van der Waals surface area contributed by atoms with E-state index in [0.29, 0.717) is 32.1 Å². The van der Waals surface area contributed by atoms with E-state index in [1.54, 1.807) is 11.4 Å². The van der Waals surface area contributed by atoms with Crippen molar-refractivity contribution in [1.82, 2.24) is 13.9 Å². The van der Waals surface area contributed by atoms with Gasteiger partial charge in [-0.1, -0.05) is 6.92 Å². The molecule has 96 valence electrons. The highest BCUT2D eigenvalue weighted by molar-refractivity contribution is 7.86. The summed E-state index contributed by atoms with van der Waals surface area (Å²) in [4.78, 5) is 0. The van der Waals surface area contributed by atoms with Gasteiger partial charge in [-0.25, -0.2) is 0 Å². The molecule has 0 aromatic carbocycles. The Balaban J connectivity index is 2.61. The zero-order chi connectivity index (χ0) is 12.2. The molecule has 0 aromatic rings. The molecule has 1 saturated heterocycles. The minimum Gasteiger partial charge on any atom is -0.318 e. The van der Waals surface area contributed by atoms with Crippen LogP contribution in [0.15, 0.2) is 0 Å². The van der Waals surface area contributed by atoms with Gasteiger partial charge in [-0.2, -0.15) is 17.0 Å². The van der Waals surface area contributed by atoms with Crippen LogP contribution in [0, 0.1) is 5.92 Å². The van der Waals surface area contributed by atoms with E-state index in [4.69, 9.17) is 0 Å². The predicted molar refractivity (Wildman–Crippen MR) is 65.4 cm³/mol. The van der Waals surface area contributed by atoms with Crippen molar-refractivity contribution in [3.05, 3.63) is 0 Å². The fourth-order valence-electron chi connectivity index (χ4n) is 1.94. The lowest BCUT2D eigenvalue weighted by atomic mass is 10.0. The SMILES string of the molecule is CNCCN(C)S(=O)(=O)N1CCCC(C)C1. The first-order valence-corrected chi connectivity index (χ1v) is 7.24. The standard InChI is InChI=1S/C10H23N3O2S/c1-10-5-4-7-13(9-10)16(14,15)12(3)8-6-11-2/h10-11H,4-9H2,1-3H3. The van der Waals surface area contributed by atoms with Crippen molar-refractivity contribution in [3.8, 4) is 0 Å². The van der Waals surface area contributed by atoms with Gasteiger partial charge in [-0.3, -0.25) is 0 Å². The van der Waals surface area contributed by atoms with Gasteiger partial charge in [0.15, 0.2) is 0 Å². The van der Waals surface area contributed by atoms with Gasteiger partial charge in [0.05, 0.1) is 0 Å². The molecule has 1 aliphatic heterocycles. The van der Waals surface area contributed by atoms with Crippen LogP contribution in [0.2, 0.25) is 0 Å². The Morgan fingerprint density at radius 3 is 2.75 bits per heavy atom. The number of rotatable bonds is 5. The monoisotopic (exact) mass is 249 g/mol. The molecule has 1 fully saturated rings. The van der Waals surface area contributed by atoms with Crippen molar-refractivity contribution in [2.75, 3.05) is 40.3 Å². The molecule has 0 aliphatic carbocycles. The summed E-state index contributed by atoms with van der Waals surface area (Å²) in [6, 6.07) is 0. The summed E-state index contributed by atoms with van der Waals surface area (Å²) in [5.41, 5.74) is 0. The first-order valence-electron chi connectivity index (χ1n) is 5.84. The summed E-state index contributed by atoms with van der Waals surface area (Å²) >= 11 is 0. The van der Waals surface area contributed by atoms with Crippen LogP contribution in [0.25, 0.3) is 0 Å². The van der Waals surface area contributed by atoms with Crippen molar-refractivity contribution in [1.29, 1.82) is 0 Å². The van der Waals surface area contributed by atoms with Crippen molar-refractivity contribution in [2.45, 2.75) is 19.8 Å². The molecular formula is C10H23N3O2S. The molecule has 0 aromatic heterocycles. The molecule has 1 heterocycles. The maximum absolute atomic E-state index is 12.2. The van der Waals surface area contributed by atoms with Crippen LogP contribution >= 0.6 is 0 Å². The van der Waals surface area contributed by atoms with Crippen LogP contribution in [0.5, 0.6) is 0 Å². The fourth-order valence-corrected chi connectivity index (χ4v) is 3.46. The molecule has 1 aliphatic rings. The highest BCUT2D eigenvalue weighted by Crippen LogP contribution is 2.19. The number of hydrogen-bond acceptors (Lipinski definition) is 3. The van der Waals surface area contributed by atoms with Crippen LogP contribution in [0.4, 0.5) is 0 Å². The largest absolute Gasteiger partial charge is 0.318 e. The highest BCUT2D eigenvalue weighted by Gasteiger charge is 2.29. The maximum Gasteiger partial charge on any atom is 0.281 e. The Kier molecular flexibility index (Phi) is 5.17. The molecule has 0 bridgehead atoms. The lowest BCUT2D eigenvalue weighted by Crippen LogP contribution is -2.47. The van der Waals surface area contributed by atoms with Crippen molar-refractivity contribution in [2.24, 2.45) is 5.92 Å². The summed E-state index contributed by atoms with van der Waals surface area (Å²) in [5, 5.41) is 2.96. The summed E-state index contributed by atoms with van der Waals surface area (Å²) < 4.78 is 27.4. The first kappa shape index (κ1) is 13.9. The normalized spacial score (nSPS) is 23.9. The van der Waals surface area contributed by atoms with Crippen molar-refractivity contribution >= 4 is 10.2 Å². The second-order valence-electron chi connectivity index (χ2n) is 4.54. The second kappa shape index (κ2) is 5.95. The quantitative estimate of drug-likeness (QED) is 0.752. The van der Waals surface area contributed by atoms with Crippen LogP contribution in [-0.4, -0.2) is 57.3 Å². The van der Waals surface area contributed by atoms with Crippen LogP contribution in [0.3, 0.4) is 0 Å². The van der Waals surface area contributed by atoms with E-state index in [2.05, 4.69) is 12.2 Å². The van der Waals surface area contributed by atoms with Gasteiger partial charge in [-0.15, -0.1) is 0 Å². The average Bonchev–Trinajstić information content (AvgIpc) is 2.25. The van der Waals surface area contributed by atoms with Crippen LogP contribution < -0.4 is 5.32 Å². The maximum atomic E-state index is 12.2. The molecule has 1 atom stereocenters. The number of likely N-dealkylation sites (N-methyl/N-ethyl adjacent to an activating group) is 2. The van der Waals surface area contributed by atoms with Gasteiger partial charge >= 0.3 is 0 Å². The number of nitrogens with zero attached hydrogens (tertiary/aromatic N) is 2. The predicted octanol–water partition coefficient (Wildman–Crippen LogP) is 0.114. The zero-order valence-electron chi connectivity index (χ0n) is 10.4. The Morgan fingerprint density at radius 2 is 2.19 bits per heavy atom. The third kappa shape index (κ3) is 3.41. The van der Waals surface area contributed by atoms with Crippen LogP contribution in [0.1, 0.15) is 19.8 Å². The Hall–Kier alpha value is -0.170. The lowest BCUT2D eigenvalue weighted by molar-refractivity contribution is 0.264. The number of hydrogen-bond donors (Lipinski definition) is 1. The molecule has 16 heavy (non-hydrogen) atoms. The molecular weight excluding hydrogens is 226 g/mol. The third-order valence-corrected chi connectivity index (χ3v) is 4.97.